The van der Waals surface area contributed by atoms with Crippen molar-refractivity contribution < 1.29 is 14.3 Å². The zero-order chi connectivity index (χ0) is 16.9. The first-order valence-electron chi connectivity index (χ1n) is 8.63. The maximum absolute atomic E-state index is 12.6. The lowest BCUT2D eigenvalue weighted by molar-refractivity contribution is -0.132. The fourth-order valence-corrected chi connectivity index (χ4v) is 3.35. The molecule has 2 aliphatic heterocycles. The minimum absolute atomic E-state index is 0.0293. The van der Waals surface area contributed by atoms with Crippen molar-refractivity contribution in [2.24, 2.45) is 5.92 Å². The summed E-state index contributed by atoms with van der Waals surface area (Å²) in [5.41, 5.74) is 1.91. The van der Waals surface area contributed by atoms with E-state index < -0.39 is 0 Å². The first kappa shape index (κ1) is 16.8. The van der Waals surface area contributed by atoms with E-state index in [1.54, 1.807) is 6.92 Å². The molecule has 2 aliphatic rings. The third-order valence-corrected chi connectivity index (χ3v) is 4.82. The van der Waals surface area contributed by atoms with E-state index in [0.717, 1.165) is 37.3 Å². The zero-order valence-corrected chi connectivity index (χ0v) is 14.2. The summed E-state index contributed by atoms with van der Waals surface area (Å²) in [6, 6.07) is 7.93. The van der Waals surface area contributed by atoms with Crippen LogP contribution in [0.25, 0.3) is 0 Å². The van der Waals surface area contributed by atoms with E-state index in [0.29, 0.717) is 26.3 Å². The van der Waals surface area contributed by atoms with Crippen molar-refractivity contribution in [2.45, 2.75) is 19.8 Å². The first-order chi connectivity index (χ1) is 11.6. The SMILES string of the molecule is CC(=O)N1CCC(C(=O)Nc2ccccc2N2CCOCC2)CC1. The normalized spacial score (nSPS) is 19.2. The van der Waals surface area contributed by atoms with Crippen molar-refractivity contribution in [3.8, 4) is 0 Å². The van der Waals surface area contributed by atoms with Gasteiger partial charge in [0, 0.05) is 39.0 Å². The van der Waals surface area contributed by atoms with Gasteiger partial charge in [0.05, 0.1) is 24.6 Å². The molecule has 0 spiro atoms. The topological polar surface area (TPSA) is 61.9 Å². The Kier molecular flexibility index (Phi) is 5.35. The van der Waals surface area contributed by atoms with Gasteiger partial charge in [-0.25, -0.2) is 0 Å². The van der Waals surface area contributed by atoms with Crippen LogP contribution < -0.4 is 10.2 Å². The Morgan fingerprint density at radius 3 is 2.42 bits per heavy atom. The molecule has 2 heterocycles. The zero-order valence-electron chi connectivity index (χ0n) is 14.2. The highest BCUT2D eigenvalue weighted by atomic mass is 16.5. The molecule has 6 nitrogen and oxygen atoms in total. The summed E-state index contributed by atoms with van der Waals surface area (Å²) in [6.07, 6.45) is 1.45. The Morgan fingerprint density at radius 2 is 1.75 bits per heavy atom. The molecule has 3 rings (SSSR count). The second kappa shape index (κ2) is 7.66. The maximum Gasteiger partial charge on any atom is 0.227 e. The number of carbonyl (C=O) groups excluding carboxylic acids is 2. The molecule has 24 heavy (non-hydrogen) atoms. The van der Waals surface area contributed by atoms with Crippen LogP contribution in [0.1, 0.15) is 19.8 Å². The summed E-state index contributed by atoms with van der Waals surface area (Å²) >= 11 is 0. The number of nitrogens with zero attached hydrogens (tertiary/aromatic N) is 2. The average Bonchev–Trinajstić information content (AvgIpc) is 2.63. The van der Waals surface area contributed by atoms with E-state index in [1.807, 2.05) is 29.2 Å². The predicted octanol–water partition coefficient (Wildman–Crippen LogP) is 1.72. The van der Waals surface area contributed by atoms with Crippen LogP contribution in [-0.2, 0) is 14.3 Å². The van der Waals surface area contributed by atoms with Gasteiger partial charge in [0.1, 0.15) is 0 Å². The number of amides is 2. The van der Waals surface area contributed by atoms with Crippen molar-refractivity contribution in [2.75, 3.05) is 49.6 Å². The summed E-state index contributed by atoms with van der Waals surface area (Å²) in [5, 5.41) is 3.10. The van der Waals surface area contributed by atoms with E-state index in [1.165, 1.54) is 0 Å². The Hall–Kier alpha value is -2.08. The average molecular weight is 331 g/mol. The van der Waals surface area contributed by atoms with E-state index in [4.69, 9.17) is 4.74 Å². The number of carbonyl (C=O) groups is 2. The van der Waals surface area contributed by atoms with Crippen molar-refractivity contribution >= 4 is 23.2 Å². The van der Waals surface area contributed by atoms with Gasteiger partial charge < -0.3 is 19.9 Å². The molecule has 6 heteroatoms. The molecule has 0 bridgehead atoms. The lowest BCUT2D eigenvalue weighted by atomic mass is 9.95. The molecule has 0 aromatic heterocycles. The van der Waals surface area contributed by atoms with Crippen molar-refractivity contribution in [3.63, 3.8) is 0 Å². The van der Waals surface area contributed by atoms with Crippen LogP contribution in [0.15, 0.2) is 24.3 Å². The molecule has 1 aromatic carbocycles. The van der Waals surface area contributed by atoms with Crippen LogP contribution in [0.3, 0.4) is 0 Å². The van der Waals surface area contributed by atoms with Gasteiger partial charge in [-0.15, -0.1) is 0 Å². The number of morpholine rings is 1. The molecule has 0 atom stereocenters. The smallest absolute Gasteiger partial charge is 0.227 e. The first-order valence-corrected chi connectivity index (χ1v) is 8.63. The fourth-order valence-electron chi connectivity index (χ4n) is 3.35. The molecule has 0 unspecified atom stereocenters. The highest BCUT2D eigenvalue weighted by molar-refractivity contribution is 5.96. The summed E-state index contributed by atoms with van der Waals surface area (Å²) in [5.74, 6) is 0.115. The molecular weight excluding hydrogens is 306 g/mol. The third kappa shape index (κ3) is 3.87. The number of hydrogen-bond donors (Lipinski definition) is 1. The molecule has 2 saturated heterocycles. The Bertz CT molecular complexity index is 591. The van der Waals surface area contributed by atoms with E-state index >= 15 is 0 Å². The van der Waals surface area contributed by atoms with Crippen LogP contribution in [0.2, 0.25) is 0 Å². The van der Waals surface area contributed by atoms with Gasteiger partial charge in [0.15, 0.2) is 0 Å². The molecule has 1 N–H and O–H groups in total. The quantitative estimate of drug-likeness (QED) is 0.916. The van der Waals surface area contributed by atoms with Crippen LogP contribution in [0, 0.1) is 5.92 Å². The number of piperidine rings is 1. The standard InChI is InChI=1S/C18H25N3O3/c1-14(22)20-8-6-15(7-9-20)18(23)19-16-4-2-3-5-17(16)21-10-12-24-13-11-21/h2-5,15H,6-13H2,1H3,(H,19,23). The molecule has 1 aromatic rings. The molecule has 0 radical (unpaired) electrons. The van der Waals surface area contributed by atoms with Crippen molar-refractivity contribution in [3.05, 3.63) is 24.3 Å². The number of benzene rings is 1. The number of hydrogen-bond acceptors (Lipinski definition) is 4. The Labute approximate surface area is 142 Å². The van der Waals surface area contributed by atoms with Gasteiger partial charge in [-0.3, -0.25) is 9.59 Å². The van der Waals surface area contributed by atoms with Crippen LogP contribution in [0.4, 0.5) is 11.4 Å². The second-order valence-corrected chi connectivity index (χ2v) is 6.39. The Balaban J connectivity index is 1.63. The number of rotatable bonds is 3. The third-order valence-electron chi connectivity index (χ3n) is 4.82. The molecule has 2 amide bonds. The van der Waals surface area contributed by atoms with Crippen molar-refractivity contribution in [1.29, 1.82) is 0 Å². The maximum atomic E-state index is 12.6. The van der Waals surface area contributed by atoms with E-state index in [2.05, 4.69) is 10.2 Å². The van der Waals surface area contributed by atoms with Crippen molar-refractivity contribution in [1.82, 2.24) is 4.90 Å². The summed E-state index contributed by atoms with van der Waals surface area (Å²) < 4.78 is 5.41. The molecule has 130 valence electrons. The van der Waals surface area contributed by atoms with Gasteiger partial charge in [0.2, 0.25) is 11.8 Å². The highest BCUT2D eigenvalue weighted by Gasteiger charge is 2.26. The fraction of sp³-hybridized carbons (Fsp3) is 0.556. The molecule has 2 fully saturated rings. The van der Waals surface area contributed by atoms with Gasteiger partial charge >= 0.3 is 0 Å². The number of likely N-dealkylation sites (tertiary alicyclic amines) is 1. The van der Waals surface area contributed by atoms with Gasteiger partial charge in [0.25, 0.3) is 0 Å². The number of para-hydroxylation sites is 2. The molecule has 0 saturated carbocycles. The molecule has 0 aliphatic carbocycles. The number of anilines is 2. The van der Waals surface area contributed by atoms with E-state index in [9.17, 15) is 9.59 Å². The number of ether oxygens (including phenoxy) is 1. The summed E-state index contributed by atoms with van der Waals surface area (Å²) in [7, 11) is 0. The van der Waals surface area contributed by atoms with Crippen LogP contribution >= 0.6 is 0 Å². The Morgan fingerprint density at radius 1 is 1.08 bits per heavy atom. The van der Waals surface area contributed by atoms with Gasteiger partial charge in [-0.1, -0.05) is 12.1 Å². The predicted molar refractivity (Wildman–Crippen MR) is 93.1 cm³/mol. The van der Waals surface area contributed by atoms with Gasteiger partial charge in [-0.05, 0) is 25.0 Å². The number of nitrogens with one attached hydrogen (secondary N) is 1. The minimum Gasteiger partial charge on any atom is -0.378 e. The molecular formula is C18H25N3O3. The monoisotopic (exact) mass is 331 g/mol. The lowest BCUT2D eigenvalue weighted by Gasteiger charge is -2.32. The largest absolute Gasteiger partial charge is 0.378 e. The van der Waals surface area contributed by atoms with Crippen LogP contribution in [-0.4, -0.2) is 56.1 Å². The van der Waals surface area contributed by atoms with Crippen LogP contribution in [0.5, 0.6) is 0 Å². The lowest BCUT2D eigenvalue weighted by Crippen LogP contribution is -2.40. The van der Waals surface area contributed by atoms with E-state index in [-0.39, 0.29) is 17.7 Å². The highest BCUT2D eigenvalue weighted by Crippen LogP contribution is 2.28. The second-order valence-electron chi connectivity index (χ2n) is 6.39. The summed E-state index contributed by atoms with van der Waals surface area (Å²) in [6.45, 7) is 6.02. The summed E-state index contributed by atoms with van der Waals surface area (Å²) in [4.78, 5) is 28.1. The minimum atomic E-state index is -0.0293. The van der Waals surface area contributed by atoms with Gasteiger partial charge in [-0.2, -0.15) is 0 Å².